The average molecular weight is 432 g/mol. The third kappa shape index (κ3) is 3.82. The number of amides is 2. The monoisotopic (exact) mass is 431 g/mol. The minimum Gasteiger partial charge on any atom is -0.357 e. The van der Waals surface area contributed by atoms with Gasteiger partial charge in [0.25, 0.3) is 11.8 Å². The third-order valence-electron chi connectivity index (χ3n) is 5.77. The zero-order chi connectivity index (χ0) is 22.2. The van der Waals surface area contributed by atoms with Gasteiger partial charge in [0.15, 0.2) is 0 Å². The number of hydrogen-bond acceptors (Lipinski definition) is 6. The van der Waals surface area contributed by atoms with Crippen LogP contribution in [0.4, 0.5) is 11.6 Å². The summed E-state index contributed by atoms with van der Waals surface area (Å²) in [6.45, 7) is 5.95. The molecule has 2 aliphatic rings. The highest BCUT2D eigenvalue weighted by molar-refractivity contribution is 6.00. The molecule has 0 bridgehead atoms. The van der Waals surface area contributed by atoms with Gasteiger partial charge in [0.2, 0.25) is 5.95 Å². The Balaban J connectivity index is 1.34. The molecule has 164 valence electrons. The van der Waals surface area contributed by atoms with Crippen molar-refractivity contribution in [3.8, 4) is 11.3 Å². The molecule has 0 saturated carbocycles. The van der Waals surface area contributed by atoms with Crippen LogP contribution in [0.3, 0.4) is 0 Å². The maximum absolute atomic E-state index is 12.9. The number of hydrogen-bond donors (Lipinski definition) is 4. The van der Waals surface area contributed by atoms with Gasteiger partial charge in [-0.15, -0.1) is 0 Å². The topological polar surface area (TPSA) is 115 Å². The molecule has 0 radical (unpaired) electrons. The summed E-state index contributed by atoms with van der Waals surface area (Å²) in [4.78, 5) is 39.0. The van der Waals surface area contributed by atoms with Gasteiger partial charge < -0.3 is 25.8 Å². The maximum Gasteiger partial charge on any atom is 0.268 e. The number of nitrogens with zero attached hydrogens (tertiary/aromatic N) is 3. The van der Waals surface area contributed by atoms with Crippen molar-refractivity contribution in [2.45, 2.75) is 32.5 Å². The van der Waals surface area contributed by atoms with E-state index in [2.05, 4.69) is 44.7 Å². The highest BCUT2D eigenvalue weighted by Gasteiger charge is 2.26. The molecule has 0 aliphatic carbocycles. The minimum absolute atomic E-state index is 0.0372. The molecule has 9 nitrogen and oxygen atoms in total. The molecule has 4 heterocycles. The maximum atomic E-state index is 12.9. The van der Waals surface area contributed by atoms with Crippen molar-refractivity contribution in [1.29, 1.82) is 0 Å². The highest BCUT2D eigenvalue weighted by atomic mass is 16.2. The van der Waals surface area contributed by atoms with Gasteiger partial charge in [-0.05, 0) is 44.2 Å². The molecule has 2 amide bonds. The number of nitrogens with one attached hydrogen (secondary N) is 4. The van der Waals surface area contributed by atoms with E-state index in [1.807, 2.05) is 35.2 Å². The lowest BCUT2D eigenvalue weighted by Crippen LogP contribution is -2.55. The average Bonchev–Trinajstić information content (AvgIpc) is 3.23. The number of piperazine rings is 1. The van der Waals surface area contributed by atoms with Gasteiger partial charge >= 0.3 is 0 Å². The molecule has 9 heteroatoms. The van der Waals surface area contributed by atoms with Gasteiger partial charge in [-0.25, -0.2) is 9.97 Å². The Hall–Kier alpha value is -3.72. The molecule has 2 atom stereocenters. The van der Waals surface area contributed by atoms with Gasteiger partial charge in [0.1, 0.15) is 5.69 Å². The Morgan fingerprint density at radius 2 is 1.88 bits per heavy atom. The van der Waals surface area contributed by atoms with E-state index >= 15 is 0 Å². The zero-order valence-electron chi connectivity index (χ0n) is 18.0. The van der Waals surface area contributed by atoms with Crippen LogP contribution >= 0.6 is 0 Å². The second kappa shape index (κ2) is 8.08. The van der Waals surface area contributed by atoms with Crippen molar-refractivity contribution in [3.05, 3.63) is 59.5 Å². The Morgan fingerprint density at radius 3 is 2.62 bits per heavy atom. The Kier molecular flexibility index (Phi) is 5.10. The van der Waals surface area contributed by atoms with E-state index in [0.29, 0.717) is 42.5 Å². The fraction of sp³-hybridized carbons (Fsp3) is 0.304. The molecule has 5 rings (SSSR count). The number of anilines is 2. The predicted octanol–water partition coefficient (Wildman–Crippen LogP) is 2.28. The number of carbonyl (C=O) groups excluding carboxylic acids is 2. The van der Waals surface area contributed by atoms with Crippen molar-refractivity contribution in [2.24, 2.45) is 0 Å². The SMILES string of the molecule is CC1CN(C(=O)c2ccc(Nc3ncc4c(n3)-c3cc[nH]c3C(=O)NC4)cc2)CC(C)N1. The first-order valence-electron chi connectivity index (χ1n) is 10.7. The fourth-order valence-electron chi connectivity index (χ4n) is 4.35. The van der Waals surface area contributed by atoms with Crippen LogP contribution in [0.25, 0.3) is 11.3 Å². The van der Waals surface area contributed by atoms with Crippen LogP contribution in [-0.4, -0.2) is 56.8 Å². The van der Waals surface area contributed by atoms with Crippen LogP contribution in [0.15, 0.2) is 42.7 Å². The molecule has 0 spiro atoms. The quantitative estimate of drug-likeness (QED) is 0.506. The van der Waals surface area contributed by atoms with Crippen LogP contribution in [0.5, 0.6) is 0 Å². The molecule has 4 N–H and O–H groups in total. The number of H-pyrrole nitrogens is 1. The standard InChI is InChI=1S/C23H25N7O2/c1-13-11-30(12-14(2)27-13)22(32)15-3-5-17(6-4-15)28-23-26-10-16-9-25-21(31)20-18(7-8-24-20)19(16)29-23/h3-8,10,13-14,24,27H,9,11-12H2,1-2H3,(H,25,31)(H,26,28,29). The van der Waals surface area contributed by atoms with E-state index in [1.54, 1.807) is 12.4 Å². The first-order valence-corrected chi connectivity index (χ1v) is 10.7. The van der Waals surface area contributed by atoms with E-state index in [9.17, 15) is 9.59 Å². The normalized spacial score (nSPS) is 20.1. The lowest BCUT2D eigenvalue weighted by Gasteiger charge is -2.36. The Morgan fingerprint density at radius 1 is 1.12 bits per heavy atom. The largest absolute Gasteiger partial charge is 0.357 e. The number of fused-ring (bicyclic) bond motifs is 3. The van der Waals surface area contributed by atoms with Crippen molar-refractivity contribution in [3.63, 3.8) is 0 Å². The summed E-state index contributed by atoms with van der Waals surface area (Å²) in [5, 5.41) is 9.49. The first kappa shape index (κ1) is 20.2. The van der Waals surface area contributed by atoms with Crippen molar-refractivity contribution in [1.82, 2.24) is 30.5 Å². The van der Waals surface area contributed by atoms with Gasteiger partial charge in [-0.2, -0.15) is 0 Å². The number of benzene rings is 1. The van der Waals surface area contributed by atoms with Gasteiger partial charge in [0, 0.05) is 66.5 Å². The van der Waals surface area contributed by atoms with Crippen LogP contribution in [0.2, 0.25) is 0 Å². The number of aromatic amines is 1. The van der Waals surface area contributed by atoms with Gasteiger partial charge in [-0.1, -0.05) is 0 Å². The third-order valence-corrected chi connectivity index (χ3v) is 5.77. The molecule has 1 aromatic carbocycles. The Labute approximate surface area is 185 Å². The lowest BCUT2D eigenvalue weighted by molar-refractivity contribution is 0.0673. The molecular weight excluding hydrogens is 406 g/mol. The zero-order valence-corrected chi connectivity index (χ0v) is 18.0. The molecule has 1 saturated heterocycles. The predicted molar refractivity (Wildman–Crippen MR) is 121 cm³/mol. The Bertz CT molecular complexity index is 1160. The summed E-state index contributed by atoms with van der Waals surface area (Å²) in [6, 6.07) is 9.74. The second-order valence-corrected chi connectivity index (χ2v) is 8.40. The van der Waals surface area contributed by atoms with Crippen molar-refractivity contribution in [2.75, 3.05) is 18.4 Å². The smallest absolute Gasteiger partial charge is 0.268 e. The van der Waals surface area contributed by atoms with Crippen molar-refractivity contribution < 1.29 is 9.59 Å². The second-order valence-electron chi connectivity index (χ2n) is 8.40. The molecule has 2 aliphatic heterocycles. The van der Waals surface area contributed by atoms with Crippen LogP contribution in [0, 0.1) is 0 Å². The molecule has 32 heavy (non-hydrogen) atoms. The highest BCUT2D eigenvalue weighted by Crippen LogP contribution is 2.28. The number of aromatic nitrogens is 3. The number of rotatable bonds is 3. The number of carbonyl (C=O) groups is 2. The van der Waals surface area contributed by atoms with Crippen LogP contribution in [0.1, 0.15) is 40.3 Å². The molecule has 2 unspecified atom stereocenters. The van der Waals surface area contributed by atoms with E-state index < -0.39 is 0 Å². The lowest BCUT2D eigenvalue weighted by atomic mass is 10.1. The summed E-state index contributed by atoms with van der Waals surface area (Å²) >= 11 is 0. The molecule has 3 aromatic rings. The molecule has 1 fully saturated rings. The van der Waals surface area contributed by atoms with Crippen molar-refractivity contribution >= 4 is 23.5 Å². The summed E-state index contributed by atoms with van der Waals surface area (Å²) in [5.74, 6) is 0.301. The van der Waals surface area contributed by atoms with E-state index in [0.717, 1.165) is 16.8 Å². The summed E-state index contributed by atoms with van der Waals surface area (Å²) in [6.07, 6.45) is 3.45. The summed E-state index contributed by atoms with van der Waals surface area (Å²) in [7, 11) is 0. The van der Waals surface area contributed by atoms with E-state index in [4.69, 9.17) is 0 Å². The molecular formula is C23H25N7O2. The minimum atomic E-state index is -0.161. The van der Waals surface area contributed by atoms with Gasteiger partial charge in [0.05, 0.1) is 5.69 Å². The molecule has 2 aromatic heterocycles. The van der Waals surface area contributed by atoms with E-state index in [1.165, 1.54) is 0 Å². The van der Waals surface area contributed by atoms with Gasteiger partial charge in [-0.3, -0.25) is 9.59 Å². The van der Waals surface area contributed by atoms with Crippen LogP contribution < -0.4 is 16.0 Å². The van der Waals surface area contributed by atoms with Crippen LogP contribution in [-0.2, 0) is 6.54 Å². The summed E-state index contributed by atoms with van der Waals surface area (Å²) in [5.41, 5.74) is 4.24. The first-order chi connectivity index (χ1) is 15.5. The summed E-state index contributed by atoms with van der Waals surface area (Å²) < 4.78 is 0. The van der Waals surface area contributed by atoms with E-state index in [-0.39, 0.29) is 23.9 Å². The fourth-order valence-corrected chi connectivity index (χ4v) is 4.35.